The summed E-state index contributed by atoms with van der Waals surface area (Å²) in [6, 6.07) is 7.14. The molecule has 1 aliphatic heterocycles. The Labute approximate surface area is 131 Å². The minimum Gasteiger partial charge on any atom is -0.448 e. The van der Waals surface area contributed by atoms with E-state index in [0.29, 0.717) is 17.1 Å². The zero-order chi connectivity index (χ0) is 15.7. The van der Waals surface area contributed by atoms with Crippen LogP contribution in [-0.4, -0.2) is 28.2 Å². The van der Waals surface area contributed by atoms with Gasteiger partial charge in [-0.3, -0.25) is 10.1 Å². The van der Waals surface area contributed by atoms with Crippen molar-refractivity contribution in [1.82, 2.24) is 10.2 Å². The lowest BCUT2D eigenvalue weighted by atomic mass is 9.98. The van der Waals surface area contributed by atoms with E-state index >= 15 is 0 Å². The maximum absolute atomic E-state index is 12.3. The summed E-state index contributed by atoms with van der Waals surface area (Å²) >= 11 is 1.33. The molecule has 1 N–H and O–H groups in total. The fourth-order valence-corrected chi connectivity index (χ4v) is 2.93. The van der Waals surface area contributed by atoms with Crippen molar-refractivity contribution in [3.05, 3.63) is 40.4 Å². The van der Waals surface area contributed by atoms with Gasteiger partial charge in [-0.15, -0.1) is 10.2 Å². The predicted octanol–water partition coefficient (Wildman–Crippen LogP) is 2.38. The predicted molar refractivity (Wildman–Crippen MR) is 82.0 cm³/mol. The van der Waals surface area contributed by atoms with E-state index in [-0.39, 0.29) is 11.8 Å². The standard InChI is InChI=1S/C15H15N3O3S/c1-8(2)13-17-18-15(22-13)16-12(19)11-7-9-5-3-4-6-10(9)14(20)21-11/h3-6,8,11H,7H2,1-2H3,(H,16,18,19)/t11-/m1/s1. The number of cyclic esters (lactones) is 1. The quantitative estimate of drug-likeness (QED) is 0.879. The van der Waals surface area contributed by atoms with Crippen molar-refractivity contribution in [3.8, 4) is 0 Å². The maximum Gasteiger partial charge on any atom is 0.339 e. The van der Waals surface area contributed by atoms with Crippen LogP contribution in [0.2, 0.25) is 0 Å². The Bertz CT molecular complexity index is 726. The molecule has 114 valence electrons. The third-order valence-corrected chi connectivity index (χ3v) is 4.49. The number of hydrogen-bond donors (Lipinski definition) is 1. The first kappa shape index (κ1) is 14.6. The molecule has 0 fully saturated rings. The van der Waals surface area contributed by atoms with Crippen LogP contribution in [0.4, 0.5) is 5.13 Å². The van der Waals surface area contributed by atoms with Gasteiger partial charge < -0.3 is 4.74 Å². The van der Waals surface area contributed by atoms with Gasteiger partial charge in [-0.05, 0) is 11.6 Å². The SMILES string of the molecule is CC(C)c1nnc(NC(=O)[C@H]2Cc3ccccc3C(=O)O2)s1. The normalized spacial score (nSPS) is 17.0. The largest absolute Gasteiger partial charge is 0.448 e. The minimum absolute atomic E-state index is 0.252. The number of carbonyl (C=O) groups is 2. The average molecular weight is 317 g/mol. The van der Waals surface area contributed by atoms with E-state index < -0.39 is 12.1 Å². The van der Waals surface area contributed by atoms with Crippen LogP contribution in [0, 0.1) is 0 Å². The van der Waals surface area contributed by atoms with E-state index in [1.807, 2.05) is 26.0 Å². The van der Waals surface area contributed by atoms with Crippen LogP contribution in [0.1, 0.15) is 40.7 Å². The third-order valence-electron chi connectivity index (χ3n) is 3.35. The molecule has 6 nitrogen and oxygen atoms in total. The molecule has 0 saturated heterocycles. The Morgan fingerprint density at radius 2 is 2.14 bits per heavy atom. The van der Waals surface area contributed by atoms with Crippen LogP contribution in [0.5, 0.6) is 0 Å². The fourth-order valence-electron chi connectivity index (χ4n) is 2.18. The Balaban J connectivity index is 1.72. The Morgan fingerprint density at radius 3 is 2.86 bits per heavy atom. The second-order valence-electron chi connectivity index (χ2n) is 5.34. The third kappa shape index (κ3) is 2.85. The lowest BCUT2D eigenvalue weighted by Gasteiger charge is -2.23. The van der Waals surface area contributed by atoms with Crippen LogP contribution in [-0.2, 0) is 16.0 Å². The molecule has 0 bridgehead atoms. The lowest BCUT2D eigenvalue weighted by molar-refractivity contribution is -0.125. The van der Waals surface area contributed by atoms with Crippen molar-refractivity contribution in [1.29, 1.82) is 0 Å². The van der Waals surface area contributed by atoms with Gasteiger partial charge in [-0.1, -0.05) is 43.4 Å². The van der Waals surface area contributed by atoms with Crippen molar-refractivity contribution in [2.75, 3.05) is 5.32 Å². The topological polar surface area (TPSA) is 81.2 Å². The van der Waals surface area contributed by atoms with Crippen molar-refractivity contribution in [3.63, 3.8) is 0 Å². The van der Waals surface area contributed by atoms with Crippen molar-refractivity contribution in [2.45, 2.75) is 32.3 Å². The molecule has 22 heavy (non-hydrogen) atoms. The molecule has 0 aliphatic carbocycles. The highest BCUT2D eigenvalue weighted by Gasteiger charge is 2.31. The van der Waals surface area contributed by atoms with Crippen molar-refractivity contribution in [2.24, 2.45) is 0 Å². The van der Waals surface area contributed by atoms with Crippen LogP contribution in [0.3, 0.4) is 0 Å². The van der Waals surface area contributed by atoms with Crippen LogP contribution < -0.4 is 5.32 Å². The van der Waals surface area contributed by atoms with Gasteiger partial charge in [-0.2, -0.15) is 0 Å². The number of rotatable bonds is 3. The molecule has 1 aromatic heterocycles. The summed E-state index contributed by atoms with van der Waals surface area (Å²) in [6.45, 7) is 4.01. The van der Waals surface area contributed by atoms with E-state index in [1.54, 1.807) is 12.1 Å². The average Bonchev–Trinajstić information content (AvgIpc) is 2.96. The Morgan fingerprint density at radius 1 is 1.36 bits per heavy atom. The molecule has 1 aromatic carbocycles. The van der Waals surface area contributed by atoms with E-state index in [2.05, 4.69) is 15.5 Å². The molecule has 7 heteroatoms. The summed E-state index contributed by atoms with van der Waals surface area (Å²) in [4.78, 5) is 24.2. The molecule has 1 amide bonds. The molecule has 0 spiro atoms. The first-order chi connectivity index (χ1) is 10.5. The van der Waals surface area contributed by atoms with Crippen LogP contribution in [0.15, 0.2) is 24.3 Å². The van der Waals surface area contributed by atoms with Gasteiger partial charge in [0.1, 0.15) is 5.01 Å². The highest BCUT2D eigenvalue weighted by Crippen LogP contribution is 2.24. The zero-order valence-corrected chi connectivity index (χ0v) is 13.0. The van der Waals surface area contributed by atoms with Gasteiger partial charge in [0.2, 0.25) is 5.13 Å². The van der Waals surface area contributed by atoms with Gasteiger partial charge >= 0.3 is 5.97 Å². The number of nitrogens with one attached hydrogen (secondary N) is 1. The molecule has 1 aliphatic rings. The van der Waals surface area contributed by atoms with Gasteiger partial charge in [0.05, 0.1) is 5.56 Å². The Hall–Kier alpha value is -2.28. The number of esters is 1. The number of aromatic nitrogens is 2. The highest BCUT2D eigenvalue weighted by molar-refractivity contribution is 7.15. The van der Waals surface area contributed by atoms with Gasteiger partial charge in [0.25, 0.3) is 5.91 Å². The monoisotopic (exact) mass is 317 g/mol. The van der Waals surface area contributed by atoms with E-state index in [0.717, 1.165) is 10.6 Å². The number of fused-ring (bicyclic) bond motifs is 1. The number of nitrogens with zero attached hydrogens (tertiary/aromatic N) is 2. The second-order valence-corrected chi connectivity index (χ2v) is 6.35. The maximum atomic E-state index is 12.3. The molecule has 1 atom stereocenters. The number of hydrogen-bond acceptors (Lipinski definition) is 6. The van der Waals surface area contributed by atoms with Crippen molar-refractivity contribution >= 4 is 28.3 Å². The second kappa shape index (κ2) is 5.84. The number of benzene rings is 1. The first-order valence-electron chi connectivity index (χ1n) is 6.97. The molecular weight excluding hydrogens is 302 g/mol. The molecule has 0 unspecified atom stereocenters. The molecule has 3 rings (SSSR count). The van der Waals surface area contributed by atoms with Crippen molar-refractivity contribution < 1.29 is 14.3 Å². The molecule has 2 heterocycles. The molecule has 0 saturated carbocycles. The summed E-state index contributed by atoms with van der Waals surface area (Å²) in [7, 11) is 0. The van der Waals surface area contributed by atoms with Gasteiger partial charge in [0.15, 0.2) is 6.10 Å². The van der Waals surface area contributed by atoms with E-state index in [1.165, 1.54) is 11.3 Å². The molecular formula is C15H15N3O3S. The van der Waals surface area contributed by atoms with Crippen LogP contribution >= 0.6 is 11.3 Å². The fraction of sp³-hybridized carbons (Fsp3) is 0.333. The molecule has 2 aromatic rings. The highest BCUT2D eigenvalue weighted by atomic mass is 32.1. The summed E-state index contributed by atoms with van der Waals surface area (Å²) in [5, 5.41) is 11.9. The number of carbonyl (C=O) groups excluding carboxylic acids is 2. The summed E-state index contributed by atoms with van der Waals surface area (Å²) in [5.74, 6) is -0.598. The van der Waals surface area contributed by atoms with Crippen LogP contribution in [0.25, 0.3) is 0 Å². The van der Waals surface area contributed by atoms with E-state index in [9.17, 15) is 9.59 Å². The summed E-state index contributed by atoms with van der Waals surface area (Å²) in [5.41, 5.74) is 1.34. The number of amides is 1. The smallest absolute Gasteiger partial charge is 0.339 e. The number of ether oxygens (including phenoxy) is 1. The van der Waals surface area contributed by atoms with Gasteiger partial charge in [0, 0.05) is 12.3 Å². The molecule has 0 radical (unpaired) electrons. The summed E-state index contributed by atoms with van der Waals surface area (Å²) in [6.07, 6.45) is -0.474. The van der Waals surface area contributed by atoms with E-state index in [4.69, 9.17) is 4.74 Å². The van der Waals surface area contributed by atoms with Gasteiger partial charge in [-0.25, -0.2) is 4.79 Å². The first-order valence-corrected chi connectivity index (χ1v) is 7.79. The minimum atomic E-state index is -0.839. The lowest BCUT2D eigenvalue weighted by Crippen LogP contribution is -2.37. The summed E-state index contributed by atoms with van der Waals surface area (Å²) < 4.78 is 5.21. The number of anilines is 1. The Kier molecular flexibility index (Phi) is 3.89. The zero-order valence-electron chi connectivity index (χ0n) is 12.2.